The lowest BCUT2D eigenvalue weighted by molar-refractivity contribution is -0.103. The van der Waals surface area contributed by atoms with Crippen LogP contribution in [0.4, 0.5) is 0 Å². The zero-order valence-electron chi connectivity index (χ0n) is 18.3. The highest BCUT2D eigenvalue weighted by Crippen LogP contribution is 2.49. The van der Waals surface area contributed by atoms with Crippen LogP contribution in [0, 0.1) is 17.3 Å². The average Bonchev–Trinajstić information content (AvgIpc) is 2.71. The van der Waals surface area contributed by atoms with Crippen LogP contribution in [0.15, 0.2) is 60.7 Å². The van der Waals surface area contributed by atoms with E-state index in [-0.39, 0.29) is 5.41 Å². The van der Waals surface area contributed by atoms with E-state index in [4.69, 9.17) is 9.47 Å². The van der Waals surface area contributed by atoms with E-state index in [1.165, 1.54) is 24.0 Å². The molecule has 1 saturated carbocycles. The molecular formula is C27H38O2. The standard InChI is InChI=1S/C27H38O2/c1-23(2)26-19-27(20-26,21-28-17-9-15-24-11-5-3-6-12-24)22-29-18-10-16-25-13-7-4-8-14-25/h3-8,11-14,23,26H,9-10,15-22H2,1-2H3. The van der Waals surface area contributed by atoms with E-state index in [9.17, 15) is 0 Å². The Morgan fingerprint density at radius 3 is 1.62 bits per heavy atom. The molecule has 0 amide bonds. The minimum atomic E-state index is 0.244. The molecule has 158 valence electrons. The minimum Gasteiger partial charge on any atom is -0.381 e. The van der Waals surface area contributed by atoms with E-state index in [1.54, 1.807) is 0 Å². The third-order valence-corrected chi connectivity index (χ3v) is 6.34. The molecule has 0 saturated heterocycles. The Bertz CT molecular complexity index is 623. The fraction of sp³-hybridized carbons (Fsp3) is 0.556. The van der Waals surface area contributed by atoms with E-state index < -0.39 is 0 Å². The van der Waals surface area contributed by atoms with Gasteiger partial charge in [0, 0.05) is 18.6 Å². The molecule has 0 atom stereocenters. The van der Waals surface area contributed by atoms with Gasteiger partial charge in [-0.15, -0.1) is 0 Å². The van der Waals surface area contributed by atoms with Crippen molar-refractivity contribution in [1.82, 2.24) is 0 Å². The van der Waals surface area contributed by atoms with Crippen molar-refractivity contribution in [2.75, 3.05) is 26.4 Å². The first kappa shape index (κ1) is 22.1. The summed E-state index contributed by atoms with van der Waals surface area (Å²) in [7, 11) is 0. The van der Waals surface area contributed by atoms with Crippen LogP contribution in [0.5, 0.6) is 0 Å². The highest BCUT2D eigenvalue weighted by molar-refractivity contribution is 5.15. The Labute approximate surface area is 177 Å². The van der Waals surface area contributed by atoms with E-state index in [0.717, 1.165) is 63.9 Å². The van der Waals surface area contributed by atoms with Crippen molar-refractivity contribution < 1.29 is 9.47 Å². The van der Waals surface area contributed by atoms with Gasteiger partial charge in [-0.2, -0.15) is 0 Å². The zero-order chi connectivity index (χ0) is 20.4. The number of aryl methyl sites for hydroxylation is 2. The van der Waals surface area contributed by atoms with Crippen LogP contribution in [0.2, 0.25) is 0 Å². The molecule has 0 spiro atoms. The minimum absolute atomic E-state index is 0.244. The molecule has 1 aliphatic carbocycles. The van der Waals surface area contributed by atoms with Gasteiger partial charge in [-0.05, 0) is 61.5 Å². The maximum absolute atomic E-state index is 6.14. The molecule has 1 fully saturated rings. The van der Waals surface area contributed by atoms with Crippen LogP contribution in [0.3, 0.4) is 0 Å². The van der Waals surface area contributed by atoms with Gasteiger partial charge in [0.15, 0.2) is 0 Å². The second-order valence-electron chi connectivity index (χ2n) is 9.20. The largest absolute Gasteiger partial charge is 0.381 e. The van der Waals surface area contributed by atoms with Crippen molar-refractivity contribution >= 4 is 0 Å². The van der Waals surface area contributed by atoms with Gasteiger partial charge < -0.3 is 9.47 Å². The predicted octanol–water partition coefficient (Wildman–Crippen LogP) is 6.34. The van der Waals surface area contributed by atoms with Crippen LogP contribution in [0.25, 0.3) is 0 Å². The van der Waals surface area contributed by atoms with Gasteiger partial charge >= 0.3 is 0 Å². The van der Waals surface area contributed by atoms with Crippen molar-refractivity contribution in [3.63, 3.8) is 0 Å². The molecule has 29 heavy (non-hydrogen) atoms. The van der Waals surface area contributed by atoms with Crippen LogP contribution in [-0.4, -0.2) is 26.4 Å². The average molecular weight is 395 g/mol. The Hall–Kier alpha value is -1.64. The van der Waals surface area contributed by atoms with Gasteiger partial charge in [0.05, 0.1) is 13.2 Å². The van der Waals surface area contributed by atoms with Crippen LogP contribution >= 0.6 is 0 Å². The fourth-order valence-corrected chi connectivity index (χ4v) is 4.42. The maximum Gasteiger partial charge on any atom is 0.0544 e. The molecule has 3 rings (SSSR count). The quantitative estimate of drug-likeness (QED) is 0.369. The first-order valence-electron chi connectivity index (χ1n) is 11.4. The second kappa shape index (κ2) is 11.5. The highest BCUT2D eigenvalue weighted by atomic mass is 16.5. The molecule has 2 aromatic carbocycles. The summed E-state index contributed by atoms with van der Waals surface area (Å²) in [5.74, 6) is 1.59. The van der Waals surface area contributed by atoms with Crippen molar-refractivity contribution in [3.8, 4) is 0 Å². The molecule has 1 aliphatic rings. The van der Waals surface area contributed by atoms with Gasteiger partial charge in [-0.1, -0.05) is 74.5 Å². The fourth-order valence-electron chi connectivity index (χ4n) is 4.42. The third kappa shape index (κ3) is 7.28. The number of benzene rings is 2. The molecule has 0 unspecified atom stereocenters. The summed E-state index contributed by atoms with van der Waals surface area (Å²) in [5, 5.41) is 0. The highest BCUT2D eigenvalue weighted by Gasteiger charge is 2.45. The Kier molecular flexibility index (Phi) is 8.76. The molecule has 0 aromatic heterocycles. The van der Waals surface area contributed by atoms with Gasteiger partial charge in [-0.3, -0.25) is 0 Å². The normalized spacial score (nSPS) is 16.1. The summed E-state index contributed by atoms with van der Waals surface area (Å²) in [5.41, 5.74) is 3.04. The lowest BCUT2D eigenvalue weighted by Gasteiger charge is -2.49. The monoisotopic (exact) mass is 394 g/mol. The third-order valence-electron chi connectivity index (χ3n) is 6.34. The molecule has 0 aliphatic heterocycles. The van der Waals surface area contributed by atoms with Gasteiger partial charge in [-0.25, -0.2) is 0 Å². The summed E-state index contributed by atoms with van der Waals surface area (Å²) in [6.07, 6.45) is 6.87. The molecular weight excluding hydrogens is 356 g/mol. The van der Waals surface area contributed by atoms with E-state index >= 15 is 0 Å². The van der Waals surface area contributed by atoms with Crippen LogP contribution in [-0.2, 0) is 22.3 Å². The smallest absolute Gasteiger partial charge is 0.0544 e. The number of rotatable bonds is 13. The van der Waals surface area contributed by atoms with Gasteiger partial charge in [0.25, 0.3) is 0 Å². The summed E-state index contributed by atoms with van der Waals surface area (Å²) < 4.78 is 12.3. The van der Waals surface area contributed by atoms with Crippen LogP contribution < -0.4 is 0 Å². The molecule has 2 nitrogen and oxygen atoms in total. The summed E-state index contributed by atoms with van der Waals surface area (Å²) in [4.78, 5) is 0. The van der Waals surface area contributed by atoms with Crippen LogP contribution in [0.1, 0.15) is 50.7 Å². The lowest BCUT2D eigenvalue weighted by atomic mass is 9.59. The predicted molar refractivity (Wildman–Crippen MR) is 121 cm³/mol. The topological polar surface area (TPSA) is 18.5 Å². The summed E-state index contributed by atoms with van der Waals surface area (Å²) in [6.45, 7) is 8.08. The van der Waals surface area contributed by atoms with Crippen molar-refractivity contribution in [1.29, 1.82) is 0 Å². The lowest BCUT2D eigenvalue weighted by Crippen LogP contribution is -2.46. The Morgan fingerprint density at radius 2 is 1.21 bits per heavy atom. The first-order chi connectivity index (χ1) is 14.2. The molecule has 0 radical (unpaired) electrons. The van der Waals surface area contributed by atoms with Gasteiger partial charge in [0.2, 0.25) is 0 Å². The van der Waals surface area contributed by atoms with Crippen molar-refractivity contribution in [2.45, 2.75) is 52.4 Å². The molecule has 0 heterocycles. The van der Waals surface area contributed by atoms with Crippen molar-refractivity contribution in [3.05, 3.63) is 71.8 Å². The maximum atomic E-state index is 6.14. The van der Waals surface area contributed by atoms with Gasteiger partial charge in [0.1, 0.15) is 0 Å². The number of hydrogen-bond donors (Lipinski definition) is 0. The molecule has 2 heteroatoms. The van der Waals surface area contributed by atoms with E-state index in [2.05, 4.69) is 74.5 Å². The van der Waals surface area contributed by atoms with E-state index in [0.29, 0.717) is 0 Å². The number of ether oxygens (including phenoxy) is 2. The Balaban J connectivity index is 1.34. The summed E-state index contributed by atoms with van der Waals surface area (Å²) >= 11 is 0. The second-order valence-corrected chi connectivity index (χ2v) is 9.20. The first-order valence-corrected chi connectivity index (χ1v) is 11.4. The molecule has 0 bridgehead atoms. The molecule has 0 N–H and O–H groups in total. The zero-order valence-corrected chi connectivity index (χ0v) is 18.3. The Morgan fingerprint density at radius 1 is 0.759 bits per heavy atom. The van der Waals surface area contributed by atoms with E-state index in [1.807, 2.05) is 0 Å². The SMILES string of the molecule is CC(C)C1CC(COCCCc2ccccc2)(COCCCc2ccccc2)C1. The number of hydrogen-bond acceptors (Lipinski definition) is 2. The summed E-state index contributed by atoms with van der Waals surface area (Å²) in [6, 6.07) is 21.4. The molecule has 2 aromatic rings. The van der Waals surface area contributed by atoms with Crippen molar-refractivity contribution in [2.24, 2.45) is 17.3 Å².